The van der Waals surface area contributed by atoms with Crippen LogP contribution in [0.4, 0.5) is 8.78 Å². The van der Waals surface area contributed by atoms with E-state index in [1.807, 2.05) is 0 Å². The van der Waals surface area contributed by atoms with Crippen LogP contribution in [0.2, 0.25) is 5.15 Å². The van der Waals surface area contributed by atoms with Gasteiger partial charge in [-0.25, -0.2) is 13.8 Å². The van der Waals surface area contributed by atoms with E-state index in [9.17, 15) is 8.78 Å². The zero-order valence-corrected chi connectivity index (χ0v) is 8.43. The summed E-state index contributed by atoms with van der Waals surface area (Å²) in [6.45, 7) is 1.60. The lowest BCUT2D eigenvalue weighted by Crippen LogP contribution is -2.19. The van der Waals surface area contributed by atoms with Crippen molar-refractivity contribution in [2.75, 3.05) is 6.54 Å². The second kappa shape index (κ2) is 4.66. The standard InChI is InChI=1S/C9H11ClF2N2/c1-5-2-6(3-8(10)14-5)7(4-13)9(11)12/h2-3,7,9H,4,13H2,1H3. The van der Waals surface area contributed by atoms with E-state index in [0.717, 1.165) is 0 Å². The third-order valence-corrected chi connectivity index (χ3v) is 2.12. The Morgan fingerprint density at radius 2 is 2.14 bits per heavy atom. The Morgan fingerprint density at radius 3 is 2.57 bits per heavy atom. The van der Waals surface area contributed by atoms with Gasteiger partial charge in [0.05, 0.1) is 5.92 Å². The number of alkyl halides is 2. The molecule has 1 unspecified atom stereocenters. The first-order valence-corrected chi connectivity index (χ1v) is 4.54. The molecular weight excluding hydrogens is 210 g/mol. The maximum Gasteiger partial charge on any atom is 0.246 e. The van der Waals surface area contributed by atoms with Crippen molar-refractivity contribution in [2.45, 2.75) is 19.3 Å². The normalized spacial score (nSPS) is 13.3. The van der Waals surface area contributed by atoms with E-state index in [1.165, 1.54) is 6.07 Å². The molecule has 1 heterocycles. The number of pyridine rings is 1. The molecule has 1 aromatic heterocycles. The van der Waals surface area contributed by atoms with Gasteiger partial charge in [0.25, 0.3) is 0 Å². The van der Waals surface area contributed by atoms with Crippen LogP contribution in [0.15, 0.2) is 12.1 Å². The molecule has 0 aliphatic heterocycles. The highest BCUT2D eigenvalue weighted by molar-refractivity contribution is 6.29. The summed E-state index contributed by atoms with van der Waals surface area (Å²) in [5.41, 5.74) is 6.32. The van der Waals surface area contributed by atoms with Gasteiger partial charge in [0, 0.05) is 12.2 Å². The molecule has 2 nitrogen and oxygen atoms in total. The Morgan fingerprint density at radius 1 is 1.50 bits per heavy atom. The smallest absolute Gasteiger partial charge is 0.246 e. The van der Waals surface area contributed by atoms with E-state index in [4.69, 9.17) is 17.3 Å². The fourth-order valence-electron chi connectivity index (χ4n) is 1.25. The summed E-state index contributed by atoms with van der Waals surface area (Å²) in [5, 5.41) is 0.221. The molecule has 0 fully saturated rings. The van der Waals surface area contributed by atoms with Crippen LogP contribution in [0.25, 0.3) is 0 Å². The molecule has 14 heavy (non-hydrogen) atoms. The quantitative estimate of drug-likeness (QED) is 0.795. The average molecular weight is 221 g/mol. The van der Waals surface area contributed by atoms with Crippen LogP contribution in [-0.2, 0) is 0 Å². The lowest BCUT2D eigenvalue weighted by atomic mass is 10.0. The van der Waals surface area contributed by atoms with Crippen LogP contribution in [0.5, 0.6) is 0 Å². The molecule has 0 bridgehead atoms. The first-order valence-electron chi connectivity index (χ1n) is 4.17. The third kappa shape index (κ3) is 2.62. The summed E-state index contributed by atoms with van der Waals surface area (Å²) in [7, 11) is 0. The Balaban J connectivity index is 3.04. The highest BCUT2D eigenvalue weighted by atomic mass is 35.5. The minimum Gasteiger partial charge on any atom is -0.330 e. The highest BCUT2D eigenvalue weighted by Gasteiger charge is 2.21. The van der Waals surface area contributed by atoms with E-state index < -0.39 is 12.3 Å². The molecule has 0 aliphatic carbocycles. The van der Waals surface area contributed by atoms with Crippen LogP contribution in [0.3, 0.4) is 0 Å². The largest absolute Gasteiger partial charge is 0.330 e. The predicted molar refractivity (Wildman–Crippen MR) is 51.8 cm³/mol. The van der Waals surface area contributed by atoms with E-state index in [-0.39, 0.29) is 11.7 Å². The van der Waals surface area contributed by atoms with Gasteiger partial charge in [-0.1, -0.05) is 11.6 Å². The Kier molecular flexibility index (Phi) is 3.77. The molecule has 0 aromatic carbocycles. The van der Waals surface area contributed by atoms with E-state index >= 15 is 0 Å². The predicted octanol–water partition coefficient (Wildman–Crippen LogP) is 2.35. The van der Waals surface area contributed by atoms with Crippen molar-refractivity contribution in [2.24, 2.45) is 5.73 Å². The summed E-state index contributed by atoms with van der Waals surface area (Å²) in [6, 6.07) is 3.01. The van der Waals surface area contributed by atoms with Crippen molar-refractivity contribution in [3.63, 3.8) is 0 Å². The fourth-order valence-corrected chi connectivity index (χ4v) is 1.51. The van der Waals surface area contributed by atoms with E-state index in [0.29, 0.717) is 11.3 Å². The Bertz CT molecular complexity index is 297. The van der Waals surface area contributed by atoms with Crippen LogP contribution < -0.4 is 5.73 Å². The molecule has 0 amide bonds. The second-order valence-electron chi connectivity index (χ2n) is 3.04. The summed E-state index contributed by atoms with van der Waals surface area (Å²) < 4.78 is 25.0. The number of rotatable bonds is 3. The number of nitrogens with two attached hydrogens (primary N) is 1. The first kappa shape index (κ1) is 11.3. The van der Waals surface area contributed by atoms with Crippen LogP contribution >= 0.6 is 11.6 Å². The molecule has 78 valence electrons. The molecule has 1 atom stereocenters. The lowest BCUT2D eigenvalue weighted by molar-refractivity contribution is 0.117. The van der Waals surface area contributed by atoms with Crippen molar-refractivity contribution in [3.8, 4) is 0 Å². The zero-order chi connectivity index (χ0) is 10.7. The second-order valence-corrected chi connectivity index (χ2v) is 3.43. The molecule has 5 heteroatoms. The Hall–Kier alpha value is -0.740. The number of aromatic nitrogens is 1. The van der Waals surface area contributed by atoms with Gasteiger partial charge in [-0.2, -0.15) is 0 Å². The third-order valence-electron chi connectivity index (χ3n) is 1.93. The highest BCUT2D eigenvalue weighted by Crippen LogP contribution is 2.24. The van der Waals surface area contributed by atoms with Crippen LogP contribution in [0.1, 0.15) is 17.2 Å². The van der Waals surface area contributed by atoms with Crippen molar-refractivity contribution in [1.29, 1.82) is 0 Å². The first-order chi connectivity index (χ1) is 6.54. The number of halogens is 3. The molecule has 0 spiro atoms. The maximum atomic E-state index is 12.5. The fraction of sp³-hybridized carbons (Fsp3) is 0.444. The van der Waals surface area contributed by atoms with Gasteiger partial charge in [-0.3, -0.25) is 0 Å². The SMILES string of the molecule is Cc1cc(C(CN)C(F)F)cc(Cl)n1. The van der Waals surface area contributed by atoms with Crippen molar-refractivity contribution in [1.82, 2.24) is 4.98 Å². The minimum atomic E-state index is -2.47. The topological polar surface area (TPSA) is 38.9 Å². The minimum absolute atomic E-state index is 0.0998. The summed E-state index contributed by atoms with van der Waals surface area (Å²) in [5.74, 6) is -0.964. The monoisotopic (exact) mass is 220 g/mol. The van der Waals surface area contributed by atoms with Gasteiger partial charge in [0.15, 0.2) is 0 Å². The lowest BCUT2D eigenvalue weighted by Gasteiger charge is -2.14. The number of hydrogen-bond acceptors (Lipinski definition) is 2. The van der Waals surface area contributed by atoms with Crippen LogP contribution in [0, 0.1) is 6.92 Å². The van der Waals surface area contributed by atoms with Crippen molar-refractivity contribution >= 4 is 11.6 Å². The van der Waals surface area contributed by atoms with Crippen molar-refractivity contribution in [3.05, 3.63) is 28.5 Å². The molecule has 0 saturated carbocycles. The van der Waals surface area contributed by atoms with Gasteiger partial charge in [0.2, 0.25) is 6.43 Å². The molecule has 2 N–H and O–H groups in total. The van der Waals surface area contributed by atoms with Gasteiger partial charge in [-0.05, 0) is 24.6 Å². The van der Waals surface area contributed by atoms with Gasteiger partial charge in [-0.15, -0.1) is 0 Å². The molecule has 0 saturated heterocycles. The molecule has 0 radical (unpaired) electrons. The Labute approximate surface area is 86.1 Å². The number of nitrogens with zero attached hydrogens (tertiary/aromatic N) is 1. The molecule has 1 aromatic rings. The number of hydrogen-bond donors (Lipinski definition) is 1. The van der Waals surface area contributed by atoms with Crippen molar-refractivity contribution < 1.29 is 8.78 Å². The molecule has 0 aliphatic rings. The van der Waals surface area contributed by atoms with Crippen LogP contribution in [-0.4, -0.2) is 18.0 Å². The van der Waals surface area contributed by atoms with Gasteiger partial charge >= 0.3 is 0 Å². The summed E-state index contributed by atoms with van der Waals surface area (Å²) in [6.07, 6.45) is -2.47. The molecule has 1 rings (SSSR count). The summed E-state index contributed by atoms with van der Waals surface area (Å²) in [4.78, 5) is 3.89. The van der Waals surface area contributed by atoms with Gasteiger partial charge in [0.1, 0.15) is 5.15 Å². The average Bonchev–Trinajstić information content (AvgIpc) is 2.02. The summed E-state index contributed by atoms with van der Waals surface area (Å²) >= 11 is 5.66. The zero-order valence-electron chi connectivity index (χ0n) is 7.67. The van der Waals surface area contributed by atoms with E-state index in [1.54, 1.807) is 13.0 Å². The number of aryl methyl sites for hydroxylation is 1. The molecular formula is C9H11ClF2N2. The maximum absolute atomic E-state index is 12.5. The van der Waals surface area contributed by atoms with Gasteiger partial charge < -0.3 is 5.73 Å². The van der Waals surface area contributed by atoms with E-state index in [2.05, 4.69) is 4.98 Å².